The lowest BCUT2D eigenvalue weighted by molar-refractivity contribution is 0.238. The number of hydrogen-bond donors (Lipinski definition) is 2. The summed E-state index contributed by atoms with van der Waals surface area (Å²) in [5.74, 6) is 1.09. The van der Waals surface area contributed by atoms with Gasteiger partial charge >= 0.3 is 0 Å². The summed E-state index contributed by atoms with van der Waals surface area (Å²) < 4.78 is 5.85. The molecule has 2 rings (SSSR count). The fourth-order valence-corrected chi connectivity index (χ4v) is 2.09. The van der Waals surface area contributed by atoms with Gasteiger partial charge in [-0.15, -0.1) is 0 Å². The molecule has 2 N–H and O–H groups in total. The van der Waals surface area contributed by atoms with Crippen LogP contribution in [0.25, 0.3) is 0 Å². The third-order valence-electron chi connectivity index (χ3n) is 3.15. The first-order valence-electron chi connectivity index (χ1n) is 7.19. The minimum absolute atomic E-state index is 0.149. The van der Waals surface area contributed by atoms with Gasteiger partial charge in [-0.25, -0.2) is 0 Å². The summed E-state index contributed by atoms with van der Waals surface area (Å²) in [4.78, 5) is 4.17. The minimum Gasteiger partial charge on any atom is -0.506 e. The fraction of sp³-hybridized carbons (Fsp3) is 0.353. The van der Waals surface area contributed by atoms with Crippen LogP contribution in [0.2, 0.25) is 0 Å². The number of rotatable bonds is 6. The Bertz CT molecular complexity index is 567. The number of hydrogen-bond acceptors (Lipinski definition) is 4. The molecule has 21 heavy (non-hydrogen) atoms. The number of nitrogens with zero attached hydrogens (tertiary/aromatic N) is 1. The molecule has 1 atom stereocenters. The van der Waals surface area contributed by atoms with Crippen molar-refractivity contribution in [1.82, 2.24) is 10.3 Å². The van der Waals surface area contributed by atoms with Crippen molar-refractivity contribution in [1.29, 1.82) is 0 Å². The van der Waals surface area contributed by atoms with Crippen LogP contribution in [-0.2, 0) is 6.54 Å². The Morgan fingerprint density at radius 3 is 2.57 bits per heavy atom. The van der Waals surface area contributed by atoms with Crippen LogP contribution in [0.1, 0.15) is 38.1 Å². The molecule has 1 aromatic heterocycles. The lowest BCUT2D eigenvalue weighted by Gasteiger charge is -2.19. The Morgan fingerprint density at radius 1 is 1.14 bits per heavy atom. The maximum absolute atomic E-state index is 9.23. The first-order valence-corrected chi connectivity index (χ1v) is 7.19. The second-order valence-electron chi connectivity index (χ2n) is 5.31. The zero-order valence-electron chi connectivity index (χ0n) is 12.7. The molecule has 0 amide bonds. The SMILES string of the molecule is CC(C)Oc1ccccc1C(C)NCc1ccc(O)cn1. The van der Waals surface area contributed by atoms with Gasteiger partial charge < -0.3 is 15.2 Å². The van der Waals surface area contributed by atoms with Crippen molar-refractivity contribution in [3.63, 3.8) is 0 Å². The maximum Gasteiger partial charge on any atom is 0.133 e. The average molecular weight is 286 g/mol. The molecule has 0 spiro atoms. The molecule has 0 aliphatic rings. The molecule has 0 aliphatic heterocycles. The molecule has 4 nitrogen and oxygen atoms in total. The zero-order chi connectivity index (χ0) is 15.2. The van der Waals surface area contributed by atoms with Crippen molar-refractivity contribution in [2.45, 2.75) is 39.5 Å². The molecule has 4 heteroatoms. The second kappa shape index (κ2) is 7.09. The molecule has 0 saturated heterocycles. The molecule has 0 saturated carbocycles. The summed E-state index contributed by atoms with van der Waals surface area (Å²) >= 11 is 0. The number of pyridine rings is 1. The van der Waals surface area contributed by atoms with Crippen molar-refractivity contribution in [3.05, 3.63) is 53.9 Å². The van der Waals surface area contributed by atoms with Crippen LogP contribution in [0.3, 0.4) is 0 Å². The molecular formula is C17H22N2O2. The molecular weight excluding hydrogens is 264 g/mol. The summed E-state index contributed by atoms with van der Waals surface area (Å²) in [5, 5.41) is 12.7. The van der Waals surface area contributed by atoms with Crippen LogP contribution in [0.5, 0.6) is 11.5 Å². The normalized spacial score (nSPS) is 12.4. The van der Waals surface area contributed by atoms with Gasteiger partial charge in [-0.2, -0.15) is 0 Å². The van der Waals surface area contributed by atoms with Gasteiger partial charge in [-0.05, 0) is 39.0 Å². The van der Waals surface area contributed by atoms with E-state index in [0.717, 1.165) is 17.0 Å². The van der Waals surface area contributed by atoms with Gasteiger partial charge in [-0.1, -0.05) is 18.2 Å². The predicted octanol–water partition coefficient (Wildman–Crippen LogP) is 3.43. The predicted molar refractivity (Wildman–Crippen MR) is 83.4 cm³/mol. The number of ether oxygens (including phenoxy) is 1. The summed E-state index contributed by atoms with van der Waals surface area (Å²) in [5.41, 5.74) is 2.02. The highest BCUT2D eigenvalue weighted by molar-refractivity contribution is 5.35. The molecule has 1 unspecified atom stereocenters. The van der Waals surface area contributed by atoms with Gasteiger partial charge in [0.1, 0.15) is 11.5 Å². The van der Waals surface area contributed by atoms with Gasteiger partial charge in [0, 0.05) is 18.2 Å². The van der Waals surface area contributed by atoms with Crippen LogP contribution in [0.4, 0.5) is 0 Å². The van der Waals surface area contributed by atoms with E-state index in [1.54, 1.807) is 6.07 Å². The molecule has 2 aromatic rings. The van der Waals surface area contributed by atoms with Crippen molar-refractivity contribution in [2.75, 3.05) is 0 Å². The highest BCUT2D eigenvalue weighted by atomic mass is 16.5. The molecule has 0 radical (unpaired) electrons. The quantitative estimate of drug-likeness (QED) is 0.854. The van der Waals surface area contributed by atoms with E-state index < -0.39 is 0 Å². The standard InChI is InChI=1S/C17H22N2O2/c1-12(2)21-17-7-5-4-6-16(17)13(3)18-10-14-8-9-15(20)11-19-14/h4-9,11-13,18,20H,10H2,1-3H3. The summed E-state index contributed by atoms with van der Waals surface area (Å²) in [6, 6.07) is 11.7. The Labute approximate surface area is 125 Å². The second-order valence-corrected chi connectivity index (χ2v) is 5.31. The van der Waals surface area contributed by atoms with E-state index in [-0.39, 0.29) is 17.9 Å². The zero-order valence-corrected chi connectivity index (χ0v) is 12.7. The van der Waals surface area contributed by atoms with E-state index in [1.807, 2.05) is 38.1 Å². The summed E-state index contributed by atoms with van der Waals surface area (Å²) in [6.45, 7) is 6.78. The van der Waals surface area contributed by atoms with Crippen LogP contribution in [-0.4, -0.2) is 16.2 Å². The van der Waals surface area contributed by atoms with E-state index in [1.165, 1.54) is 6.20 Å². The number of aromatic hydroxyl groups is 1. The van der Waals surface area contributed by atoms with Gasteiger partial charge in [0.25, 0.3) is 0 Å². The molecule has 0 fully saturated rings. The van der Waals surface area contributed by atoms with Crippen molar-refractivity contribution < 1.29 is 9.84 Å². The van der Waals surface area contributed by atoms with Crippen molar-refractivity contribution in [3.8, 4) is 11.5 Å². The number of aromatic nitrogens is 1. The van der Waals surface area contributed by atoms with Crippen LogP contribution < -0.4 is 10.1 Å². The summed E-state index contributed by atoms with van der Waals surface area (Å²) in [7, 11) is 0. The Kier molecular flexibility index (Phi) is 5.17. The highest BCUT2D eigenvalue weighted by Gasteiger charge is 2.12. The number of para-hydroxylation sites is 1. The van der Waals surface area contributed by atoms with E-state index >= 15 is 0 Å². The van der Waals surface area contributed by atoms with Crippen molar-refractivity contribution in [2.24, 2.45) is 0 Å². The monoisotopic (exact) mass is 286 g/mol. The van der Waals surface area contributed by atoms with E-state index in [9.17, 15) is 5.11 Å². The Morgan fingerprint density at radius 2 is 1.90 bits per heavy atom. The fourth-order valence-electron chi connectivity index (χ4n) is 2.09. The van der Waals surface area contributed by atoms with Crippen LogP contribution >= 0.6 is 0 Å². The molecule has 112 valence electrons. The Hall–Kier alpha value is -2.07. The first kappa shape index (κ1) is 15.3. The third-order valence-corrected chi connectivity index (χ3v) is 3.15. The smallest absolute Gasteiger partial charge is 0.133 e. The Balaban J connectivity index is 2.03. The van der Waals surface area contributed by atoms with Crippen LogP contribution in [0.15, 0.2) is 42.6 Å². The van der Waals surface area contributed by atoms with Crippen molar-refractivity contribution >= 4 is 0 Å². The lowest BCUT2D eigenvalue weighted by atomic mass is 10.1. The minimum atomic E-state index is 0.149. The van der Waals surface area contributed by atoms with Gasteiger partial charge in [0.15, 0.2) is 0 Å². The van der Waals surface area contributed by atoms with E-state index in [4.69, 9.17) is 4.74 Å². The maximum atomic E-state index is 9.23. The molecule has 1 aromatic carbocycles. The summed E-state index contributed by atoms with van der Waals surface area (Å²) in [6.07, 6.45) is 1.61. The topological polar surface area (TPSA) is 54.4 Å². The van der Waals surface area contributed by atoms with E-state index in [2.05, 4.69) is 23.3 Å². The third kappa shape index (κ3) is 4.46. The van der Waals surface area contributed by atoms with Gasteiger partial charge in [0.2, 0.25) is 0 Å². The van der Waals surface area contributed by atoms with E-state index in [0.29, 0.717) is 6.54 Å². The average Bonchev–Trinajstić information content (AvgIpc) is 2.46. The molecule has 0 bridgehead atoms. The highest BCUT2D eigenvalue weighted by Crippen LogP contribution is 2.25. The molecule has 1 heterocycles. The lowest BCUT2D eigenvalue weighted by Crippen LogP contribution is -2.20. The molecule has 0 aliphatic carbocycles. The van der Waals surface area contributed by atoms with Gasteiger partial charge in [-0.3, -0.25) is 4.98 Å². The number of benzene rings is 1. The number of nitrogens with one attached hydrogen (secondary N) is 1. The van der Waals surface area contributed by atoms with Crippen LogP contribution in [0, 0.1) is 0 Å². The first-order chi connectivity index (χ1) is 10.1. The van der Waals surface area contributed by atoms with Gasteiger partial charge in [0.05, 0.1) is 18.0 Å². The largest absolute Gasteiger partial charge is 0.506 e.